The maximum atomic E-state index is 13.7. The van der Waals surface area contributed by atoms with Crippen molar-refractivity contribution in [1.82, 2.24) is 9.21 Å². The van der Waals surface area contributed by atoms with Crippen LogP contribution in [0, 0.1) is 11.6 Å². The quantitative estimate of drug-likeness (QED) is 0.816. The Balaban J connectivity index is 1.42. The summed E-state index contributed by atoms with van der Waals surface area (Å²) in [5.74, 6) is -1.51. The van der Waals surface area contributed by atoms with Crippen molar-refractivity contribution in [2.24, 2.45) is 0 Å². The van der Waals surface area contributed by atoms with Gasteiger partial charge in [0, 0.05) is 32.2 Å². The summed E-state index contributed by atoms with van der Waals surface area (Å²) < 4.78 is 57.3. The SMILES string of the molecule is CS(=O)(=O)N1CCC(OC2CCN(C(=O)Nc3ccc(F)cc3F)CC2)CC1. The lowest BCUT2D eigenvalue weighted by Gasteiger charge is -2.36. The number of carbonyl (C=O) groups excluding carboxylic acids is 1. The Kier molecular flexibility index (Phi) is 6.51. The van der Waals surface area contributed by atoms with Gasteiger partial charge in [0.1, 0.15) is 11.6 Å². The number of halogens is 2. The van der Waals surface area contributed by atoms with Gasteiger partial charge in [0.05, 0.1) is 24.2 Å². The van der Waals surface area contributed by atoms with E-state index in [1.54, 1.807) is 4.90 Å². The van der Waals surface area contributed by atoms with Crippen molar-refractivity contribution in [3.8, 4) is 0 Å². The molecule has 0 radical (unpaired) electrons. The minimum absolute atomic E-state index is 0.0152. The van der Waals surface area contributed by atoms with Crippen LogP contribution < -0.4 is 5.32 Å². The van der Waals surface area contributed by atoms with Gasteiger partial charge in [-0.05, 0) is 37.8 Å². The first-order valence-electron chi connectivity index (χ1n) is 9.34. The van der Waals surface area contributed by atoms with E-state index < -0.39 is 27.7 Å². The smallest absolute Gasteiger partial charge is 0.321 e. The number of piperidine rings is 2. The molecule has 1 aromatic carbocycles. The number of sulfonamides is 1. The Labute approximate surface area is 163 Å². The van der Waals surface area contributed by atoms with Gasteiger partial charge >= 0.3 is 6.03 Å². The maximum absolute atomic E-state index is 13.7. The van der Waals surface area contributed by atoms with Crippen LogP contribution in [0.4, 0.5) is 19.3 Å². The topological polar surface area (TPSA) is 79.0 Å². The van der Waals surface area contributed by atoms with E-state index in [1.807, 2.05) is 0 Å². The number of nitrogens with one attached hydrogen (secondary N) is 1. The van der Waals surface area contributed by atoms with Crippen LogP contribution in [0.1, 0.15) is 25.7 Å². The Morgan fingerprint density at radius 1 is 1.07 bits per heavy atom. The zero-order chi connectivity index (χ0) is 20.3. The molecule has 2 heterocycles. The van der Waals surface area contributed by atoms with Crippen molar-refractivity contribution < 1.29 is 26.7 Å². The van der Waals surface area contributed by atoms with Crippen LogP contribution in [0.5, 0.6) is 0 Å². The highest BCUT2D eigenvalue weighted by molar-refractivity contribution is 7.88. The Hall–Kier alpha value is -1.78. The fraction of sp³-hybridized carbons (Fsp3) is 0.611. The lowest BCUT2D eigenvalue weighted by atomic mass is 10.1. The highest BCUT2D eigenvalue weighted by Gasteiger charge is 2.29. The number of carbonyl (C=O) groups is 1. The Bertz CT molecular complexity index is 805. The van der Waals surface area contributed by atoms with E-state index in [0.717, 1.165) is 12.1 Å². The van der Waals surface area contributed by atoms with Crippen molar-refractivity contribution >= 4 is 21.7 Å². The predicted molar refractivity (Wildman–Crippen MR) is 100 cm³/mol. The average Bonchev–Trinajstić information content (AvgIpc) is 2.64. The van der Waals surface area contributed by atoms with E-state index in [9.17, 15) is 22.0 Å². The average molecular weight is 417 g/mol. The number of hydrogen-bond donors (Lipinski definition) is 1. The maximum Gasteiger partial charge on any atom is 0.321 e. The van der Waals surface area contributed by atoms with Crippen molar-refractivity contribution in [2.45, 2.75) is 37.9 Å². The molecule has 0 aliphatic carbocycles. The molecule has 0 spiro atoms. The molecular weight excluding hydrogens is 392 g/mol. The normalized spacial score (nSPS) is 20.3. The van der Waals surface area contributed by atoms with E-state index in [-0.39, 0.29) is 17.9 Å². The van der Waals surface area contributed by atoms with E-state index >= 15 is 0 Å². The van der Waals surface area contributed by atoms with Crippen LogP contribution in [0.25, 0.3) is 0 Å². The highest BCUT2D eigenvalue weighted by Crippen LogP contribution is 2.23. The Morgan fingerprint density at radius 3 is 2.18 bits per heavy atom. The third kappa shape index (κ3) is 5.39. The van der Waals surface area contributed by atoms with Crippen molar-refractivity contribution in [2.75, 3.05) is 37.8 Å². The molecule has 0 bridgehead atoms. The first-order valence-corrected chi connectivity index (χ1v) is 11.2. The minimum atomic E-state index is -3.15. The molecule has 28 heavy (non-hydrogen) atoms. The highest BCUT2D eigenvalue weighted by atomic mass is 32.2. The molecule has 0 unspecified atom stereocenters. The number of urea groups is 1. The van der Waals surface area contributed by atoms with Crippen LogP contribution >= 0.6 is 0 Å². The van der Waals surface area contributed by atoms with Crippen LogP contribution in [-0.2, 0) is 14.8 Å². The zero-order valence-corrected chi connectivity index (χ0v) is 16.6. The van der Waals surface area contributed by atoms with Gasteiger partial charge in [-0.25, -0.2) is 26.3 Å². The van der Waals surface area contributed by atoms with Crippen molar-refractivity contribution in [3.05, 3.63) is 29.8 Å². The molecule has 1 aromatic rings. The fourth-order valence-electron chi connectivity index (χ4n) is 3.55. The van der Waals surface area contributed by atoms with Gasteiger partial charge in [-0.3, -0.25) is 0 Å². The zero-order valence-electron chi connectivity index (χ0n) is 15.7. The summed E-state index contributed by atoms with van der Waals surface area (Å²) in [7, 11) is -3.15. The number of likely N-dealkylation sites (tertiary alicyclic amines) is 1. The summed E-state index contributed by atoms with van der Waals surface area (Å²) in [6, 6.07) is 2.59. The number of ether oxygens (including phenoxy) is 1. The van der Waals surface area contributed by atoms with Gasteiger partial charge in [-0.2, -0.15) is 0 Å². The number of hydrogen-bond acceptors (Lipinski definition) is 4. The van der Waals surface area contributed by atoms with Gasteiger partial charge in [0.25, 0.3) is 0 Å². The van der Waals surface area contributed by atoms with Crippen molar-refractivity contribution in [1.29, 1.82) is 0 Å². The van der Waals surface area contributed by atoms with Gasteiger partial charge in [0.15, 0.2) is 0 Å². The van der Waals surface area contributed by atoms with Gasteiger partial charge in [0.2, 0.25) is 10.0 Å². The molecule has 2 fully saturated rings. The molecule has 7 nitrogen and oxygen atoms in total. The van der Waals surface area contributed by atoms with Gasteiger partial charge < -0.3 is 15.0 Å². The van der Waals surface area contributed by atoms with E-state index in [0.29, 0.717) is 51.9 Å². The van der Waals surface area contributed by atoms with Crippen LogP contribution in [0.3, 0.4) is 0 Å². The molecule has 3 rings (SSSR count). The van der Waals surface area contributed by atoms with Gasteiger partial charge in [-0.1, -0.05) is 0 Å². The molecule has 2 aliphatic heterocycles. The lowest BCUT2D eigenvalue weighted by molar-refractivity contribution is -0.0542. The van der Waals surface area contributed by atoms with Crippen LogP contribution in [0.2, 0.25) is 0 Å². The number of nitrogens with zero attached hydrogens (tertiary/aromatic N) is 2. The second-order valence-electron chi connectivity index (χ2n) is 7.24. The first-order chi connectivity index (χ1) is 13.2. The van der Waals surface area contributed by atoms with Crippen molar-refractivity contribution in [3.63, 3.8) is 0 Å². The van der Waals surface area contributed by atoms with Crippen LogP contribution in [-0.4, -0.2) is 68.3 Å². The summed E-state index contributed by atoms with van der Waals surface area (Å²) in [6.45, 7) is 1.88. The summed E-state index contributed by atoms with van der Waals surface area (Å²) in [5.41, 5.74) is -0.0533. The summed E-state index contributed by atoms with van der Waals surface area (Å²) in [6.07, 6.45) is 3.90. The molecule has 156 valence electrons. The van der Waals surface area contributed by atoms with E-state index in [4.69, 9.17) is 4.74 Å². The summed E-state index contributed by atoms with van der Waals surface area (Å²) >= 11 is 0. The second-order valence-corrected chi connectivity index (χ2v) is 9.22. The summed E-state index contributed by atoms with van der Waals surface area (Å²) in [4.78, 5) is 13.9. The summed E-state index contributed by atoms with van der Waals surface area (Å²) in [5, 5.41) is 2.46. The monoisotopic (exact) mass is 417 g/mol. The van der Waals surface area contributed by atoms with E-state index in [2.05, 4.69) is 5.32 Å². The number of amides is 2. The molecule has 2 saturated heterocycles. The second kappa shape index (κ2) is 8.71. The molecule has 0 aromatic heterocycles. The molecule has 2 amide bonds. The van der Waals surface area contributed by atoms with Gasteiger partial charge in [-0.15, -0.1) is 0 Å². The lowest BCUT2D eigenvalue weighted by Crippen LogP contribution is -2.45. The number of rotatable bonds is 4. The number of benzene rings is 1. The first kappa shape index (κ1) is 20.9. The van der Waals surface area contributed by atoms with E-state index in [1.165, 1.54) is 16.6 Å². The third-order valence-electron chi connectivity index (χ3n) is 5.16. The minimum Gasteiger partial charge on any atom is -0.375 e. The molecule has 0 atom stereocenters. The molecule has 0 saturated carbocycles. The largest absolute Gasteiger partial charge is 0.375 e. The van der Waals surface area contributed by atoms with Crippen LogP contribution in [0.15, 0.2) is 18.2 Å². The predicted octanol–water partition coefficient (Wildman–Crippen LogP) is 2.40. The molecule has 10 heteroatoms. The molecular formula is C18H25F2N3O4S. The standard InChI is InChI=1S/C18H25F2N3O4S/c1-28(25,26)23-10-6-15(7-11-23)27-14-4-8-22(9-5-14)18(24)21-17-3-2-13(19)12-16(17)20/h2-3,12,14-15H,4-11H2,1H3,(H,21,24). The molecule has 1 N–H and O–H groups in total. The molecule has 2 aliphatic rings. The fourth-order valence-corrected chi connectivity index (χ4v) is 4.43. The third-order valence-corrected chi connectivity index (χ3v) is 6.46. The number of anilines is 1. The Morgan fingerprint density at radius 2 is 1.64 bits per heavy atom.